The molecule has 1 heterocycles. The summed E-state index contributed by atoms with van der Waals surface area (Å²) in [5.41, 5.74) is 1.37. The molecule has 0 aromatic heterocycles. The van der Waals surface area contributed by atoms with Crippen molar-refractivity contribution in [2.24, 2.45) is 0 Å². The van der Waals surface area contributed by atoms with Crippen molar-refractivity contribution in [2.45, 2.75) is 17.1 Å². The fraction of sp³-hybridized carbons (Fsp3) is 0.235. The average molecular weight is 351 g/mol. The van der Waals surface area contributed by atoms with Gasteiger partial charge in [-0.1, -0.05) is 17.8 Å². The molecule has 0 spiro atoms. The number of carbonyl (C=O) groups is 1. The van der Waals surface area contributed by atoms with E-state index in [0.29, 0.717) is 47.1 Å². The van der Waals surface area contributed by atoms with Gasteiger partial charge in [-0.3, -0.25) is 4.79 Å². The second-order valence-electron chi connectivity index (χ2n) is 5.11. The van der Waals surface area contributed by atoms with Crippen molar-refractivity contribution >= 4 is 23.4 Å². The normalized spacial score (nSPS) is 13.0. The van der Waals surface area contributed by atoms with Gasteiger partial charge in [-0.15, -0.1) is 0 Å². The molecule has 2 aromatic rings. The molecule has 24 heavy (non-hydrogen) atoms. The van der Waals surface area contributed by atoms with Crippen molar-refractivity contribution in [3.63, 3.8) is 0 Å². The Hall–Kier alpha value is -2.28. The highest BCUT2D eigenvalue weighted by molar-refractivity contribution is 7.99. The molecule has 0 fully saturated rings. The lowest BCUT2D eigenvalue weighted by Crippen LogP contribution is -2.17. The number of alkyl halides is 2. The van der Waals surface area contributed by atoms with E-state index in [2.05, 4.69) is 5.32 Å². The van der Waals surface area contributed by atoms with Crippen LogP contribution in [0, 0.1) is 0 Å². The van der Waals surface area contributed by atoms with Crippen LogP contribution >= 0.6 is 11.8 Å². The van der Waals surface area contributed by atoms with Gasteiger partial charge in [0, 0.05) is 10.6 Å². The molecule has 3 rings (SSSR count). The van der Waals surface area contributed by atoms with E-state index in [0.717, 1.165) is 5.56 Å². The van der Waals surface area contributed by atoms with Gasteiger partial charge in [0.15, 0.2) is 11.5 Å². The summed E-state index contributed by atoms with van der Waals surface area (Å²) >= 11 is 0.470. The minimum Gasteiger partial charge on any atom is -0.486 e. The van der Waals surface area contributed by atoms with Crippen LogP contribution in [0.25, 0.3) is 0 Å². The molecular weight excluding hydrogens is 336 g/mol. The molecule has 4 nitrogen and oxygen atoms in total. The van der Waals surface area contributed by atoms with E-state index in [9.17, 15) is 13.6 Å². The first-order valence-corrected chi connectivity index (χ1v) is 8.21. The second-order valence-corrected chi connectivity index (χ2v) is 6.17. The number of anilines is 1. The molecule has 126 valence electrons. The molecule has 1 aliphatic heterocycles. The van der Waals surface area contributed by atoms with Gasteiger partial charge < -0.3 is 14.8 Å². The summed E-state index contributed by atoms with van der Waals surface area (Å²) in [6.07, 6.45) is 0.185. The molecule has 0 bridgehead atoms. The van der Waals surface area contributed by atoms with Crippen LogP contribution in [-0.2, 0) is 11.2 Å². The molecule has 0 aliphatic carbocycles. The highest BCUT2D eigenvalue weighted by atomic mass is 32.2. The monoisotopic (exact) mass is 351 g/mol. The number of halogens is 2. The van der Waals surface area contributed by atoms with Crippen molar-refractivity contribution in [3.8, 4) is 11.5 Å². The summed E-state index contributed by atoms with van der Waals surface area (Å²) in [5, 5.41) is 2.74. The molecule has 0 atom stereocenters. The molecule has 0 radical (unpaired) electrons. The zero-order valence-corrected chi connectivity index (χ0v) is 13.4. The first-order chi connectivity index (χ1) is 11.6. The van der Waals surface area contributed by atoms with E-state index in [1.165, 1.54) is 0 Å². The summed E-state index contributed by atoms with van der Waals surface area (Å²) in [4.78, 5) is 12.6. The Bertz CT molecular complexity index is 722. The first-order valence-electron chi connectivity index (χ1n) is 7.33. The Morgan fingerprint density at radius 2 is 1.79 bits per heavy atom. The van der Waals surface area contributed by atoms with Gasteiger partial charge in [-0.25, -0.2) is 0 Å². The summed E-state index contributed by atoms with van der Waals surface area (Å²) in [7, 11) is 0. The van der Waals surface area contributed by atoms with Crippen LogP contribution in [0.15, 0.2) is 47.4 Å². The van der Waals surface area contributed by atoms with Crippen molar-refractivity contribution in [2.75, 3.05) is 18.5 Å². The first kappa shape index (κ1) is 16.6. The van der Waals surface area contributed by atoms with Crippen LogP contribution in [0.1, 0.15) is 5.56 Å². The average Bonchev–Trinajstić information content (AvgIpc) is 2.56. The molecule has 1 amide bonds. The van der Waals surface area contributed by atoms with Crippen LogP contribution in [0.3, 0.4) is 0 Å². The van der Waals surface area contributed by atoms with Gasteiger partial charge in [-0.2, -0.15) is 8.78 Å². The van der Waals surface area contributed by atoms with Crippen molar-refractivity contribution in [1.29, 1.82) is 0 Å². The summed E-state index contributed by atoms with van der Waals surface area (Å²) < 4.78 is 35.5. The Morgan fingerprint density at radius 1 is 1.08 bits per heavy atom. The number of carbonyl (C=O) groups excluding carboxylic acids is 1. The largest absolute Gasteiger partial charge is 0.486 e. The van der Waals surface area contributed by atoms with Crippen LogP contribution in [-0.4, -0.2) is 24.9 Å². The van der Waals surface area contributed by atoms with Crippen LogP contribution < -0.4 is 14.8 Å². The van der Waals surface area contributed by atoms with Gasteiger partial charge in [0.1, 0.15) is 13.2 Å². The lowest BCUT2D eigenvalue weighted by Gasteiger charge is -2.18. The highest BCUT2D eigenvalue weighted by Crippen LogP contribution is 2.31. The quantitative estimate of drug-likeness (QED) is 0.829. The number of ether oxygens (including phenoxy) is 2. The standard InChI is InChI=1S/C17H15F2NO3S/c18-17(19)24-13-4-2-12(3-5-13)20-16(21)10-11-1-6-14-15(9-11)23-8-7-22-14/h1-6,9,17H,7-8,10H2,(H,20,21). The third-order valence-electron chi connectivity index (χ3n) is 3.33. The van der Waals surface area contributed by atoms with Gasteiger partial charge in [0.25, 0.3) is 5.76 Å². The van der Waals surface area contributed by atoms with Crippen molar-refractivity contribution in [3.05, 3.63) is 48.0 Å². The summed E-state index contributed by atoms with van der Waals surface area (Å²) in [6, 6.07) is 11.7. The Kier molecular flexibility index (Phi) is 5.20. The molecular formula is C17H15F2NO3S. The number of hydrogen-bond acceptors (Lipinski definition) is 4. The van der Waals surface area contributed by atoms with Gasteiger partial charge in [0.2, 0.25) is 5.91 Å². The van der Waals surface area contributed by atoms with E-state index in [1.54, 1.807) is 36.4 Å². The maximum atomic E-state index is 12.3. The van der Waals surface area contributed by atoms with Gasteiger partial charge >= 0.3 is 0 Å². The predicted octanol–water partition coefficient (Wildman–Crippen LogP) is 3.95. The third-order valence-corrected chi connectivity index (χ3v) is 4.06. The number of rotatable bonds is 5. The number of hydrogen-bond donors (Lipinski definition) is 1. The van der Waals surface area contributed by atoms with Crippen molar-refractivity contribution in [1.82, 2.24) is 0 Å². The maximum absolute atomic E-state index is 12.3. The molecule has 1 N–H and O–H groups in total. The van der Waals surface area contributed by atoms with Crippen LogP contribution in [0.5, 0.6) is 11.5 Å². The fourth-order valence-electron chi connectivity index (χ4n) is 2.31. The lowest BCUT2D eigenvalue weighted by atomic mass is 10.1. The van der Waals surface area contributed by atoms with Crippen LogP contribution in [0.4, 0.5) is 14.5 Å². The Morgan fingerprint density at radius 3 is 2.50 bits per heavy atom. The van der Waals surface area contributed by atoms with E-state index in [-0.39, 0.29) is 12.3 Å². The van der Waals surface area contributed by atoms with Crippen molar-refractivity contribution < 1.29 is 23.0 Å². The van der Waals surface area contributed by atoms with Gasteiger partial charge in [-0.05, 0) is 42.0 Å². The van der Waals surface area contributed by atoms with Crippen LogP contribution in [0.2, 0.25) is 0 Å². The second kappa shape index (κ2) is 7.53. The van der Waals surface area contributed by atoms with E-state index in [1.807, 2.05) is 6.07 Å². The maximum Gasteiger partial charge on any atom is 0.288 e. The fourth-order valence-corrected chi connectivity index (χ4v) is 2.81. The smallest absolute Gasteiger partial charge is 0.288 e. The van der Waals surface area contributed by atoms with E-state index < -0.39 is 5.76 Å². The molecule has 0 saturated carbocycles. The number of fused-ring (bicyclic) bond motifs is 1. The number of nitrogens with one attached hydrogen (secondary N) is 1. The molecule has 7 heteroatoms. The molecule has 1 aliphatic rings. The molecule has 0 unspecified atom stereocenters. The minimum absolute atomic E-state index is 0.185. The molecule has 2 aromatic carbocycles. The highest BCUT2D eigenvalue weighted by Gasteiger charge is 2.13. The SMILES string of the molecule is O=C(Cc1ccc2c(c1)OCCO2)Nc1ccc(SC(F)F)cc1. The summed E-state index contributed by atoms with van der Waals surface area (Å²) in [6.45, 7) is 1.01. The number of benzene rings is 2. The minimum atomic E-state index is -2.46. The van der Waals surface area contributed by atoms with E-state index >= 15 is 0 Å². The zero-order valence-electron chi connectivity index (χ0n) is 12.6. The van der Waals surface area contributed by atoms with Gasteiger partial charge in [0.05, 0.1) is 6.42 Å². The zero-order chi connectivity index (χ0) is 16.9. The third kappa shape index (κ3) is 4.38. The topological polar surface area (TPSA) is 47.6 Å². The number of amides is 1. The predicted molar refractivity (Wildman–Crippen MR) is 88.1 cm³/mol. The number of thioether (sulfide) groups is 1. The van der Waals surface area contributed by atoms with E-state index in [4.69, 9.17) is 9.47 Å². The summed E-state index contributed by atoms with van der Waals surface area (Å²) in [5.74, 6) is -1.33. The molecule has 0 saturated heterocycles. The Labute approximate surface area is 142 Å². The Balaban J connectivity index is 1.59. The lowest BCUT2D eigenvalue weighted by molar-refractivity contribution is -0.115.